The number of methoxy groups -OCH3 is 3. The van der Waals surface area contributed by atoms with E-state index in [1.54, 1.807) is 11.0 Å². The van der Waals surface area contributed by atoms with E-state index in [4.69, 9.17) is 14.2 Å². The summed E-state index contributed by atoms with van der Waals surface area (Å²) < 4.78 is 15.4. The van der Waals surface area contributed by atoms with Crippen molar-refractivity contribution in [2.24, 2.45) is 0 Å². The molecule has 7 nitrogen and oxygen atoms in total. The Bertz CT molecular complexity index is 865. The molecule has 0 aromatic heterocycles. The molecular weight excluding hydrogens is 348 g/mol. The summed E-state index contributed by atoms with van der Waals surface area (Å²) in [7, 11) is 4.29. The minimum atomic E-state index is -0.530. The van der Waals surface area contributed by atoms with Gasteiger partial charge in [0.2, 0.25) is 5.91 Å². The lowest BCUT2D eigenvalue weighted by molar-refractivity contribution is -0.116. The van der Waals surface area contributed by atoms with E-state index in [2.05, 4.69) is 5.32 Å². The summed E-state index contributed by atoms with van der Waals surface area (Å²) in [5.41, 5.74) is 2.81. The molecule has 3 rings (SSSR count). The molecule has 0 unspecified atom stereocenters. The Labute approximate surface area is 157 Å². The molecule has 1 amide bonds. The number of ether oxygens (including phenoxy) is 3. The van der Waals surface area contributed by atoms with Crippen LogP contribution in [-0.4, -0.2) is 46.3 Å². The summed E-state index contributed by atoms with van der Waals surface area (Å²) in [6.07, 6.45) is 0.839. The van der Waals surface area contributed by atoms with Gasteiger partial charge in [0, 0.05) is 24.4 Å². The number of fused-ring (bicyclic) bond motifs is 1. The normalized spacial score (nSPS) is 12.3. The van der Waals surface area contributed by atoms with Gasteiger partial charge in [-0.05, 0) is 18.1 Å². The van der Waals surface area contributed by atoms with Crippen molar-refractivity contribution < 1.29 is 23.8 Å². The first-order valence-corrected chi connectivity index (χ1v) is 8.55. The molecule has 0 saturated carbocycles. The zero-order chi connectivity index (χ0) is 19.4. The van der Waals surface area contributed by atoms with E-state index in [0.29, 0.717) is 23.7 Å². The van der Waals surface area contributed by atoms with E-state index in [-0.39, 0.29) is 18.0 Å². The molecule has 0 saturated heterocycles. The summed E-state index contributed by atoms with van der Waals surface area (Å²) in [6.45, 7) is 0.684. The molecule has 0 bridgehead atoms. The number of nitrogens with one attached hydrogen (secondary N) is 1. The van der Waals surface area contributed by atoms with Crippen LogP contribution in [0.4, 0.5) is 11.4 Å². The van der Waals surface area contributed by atoms with Crippen LogP contribution in [0.2, 0.25) is 0 Å². The fourth-order valence-electron chi connectivity index (χ4n) is 3.17. The Morgan fingerprint density at radius 1 is 1.07 bits per heavy atom. The molecule has 7 heteroatoms. The molecule has 142 valence electrons. The van der Waals surface area contributed by atoms with E-state index < -0.39 is 5.97 Å². The molecular formula is C20H22N2O5. The minimum Gasteiger partial charge on any atom is -0.493 e. The minimum absolute atomic E-state index is 0.0355. The van der Waals surface area contributed by atoms with Crippen LogP contribution in [0.3, 0.4) is 0 Å². The maximum absolute atomic E-state index is 12.7. The van der Waals surface area contributed by atoms with Crippen LogP contribution in [0, 0.1) is 0 Å². The van der Waals surface area contributed by atoms with Crippen molar-refractivity contribution in [2.45, 2.75) is 6.42 Å². The van der Waals surface area contributed by atoms with Crippen molar-refractivity contribution in [1.29, 1.82) is 0 Å². The molecule has 27 heavy (non-hydrogen) atoms. The highest BCUT2D eigenvalue weighted by Gasteiger charge is 2.24. The molecule has 0 radical (unpaired) electrons. The zero-order valence-corrected chi connectivity index (χ0v) is 15.6. The Morgan fingerprint density at radius 3 is 2.48 bits per heavy atom. The Kier molecular flexibility index (Phi) is 5.49. The lowest BCUT2D eigenvalue weighted by atomic mass is 10.1. The lowest BCUT2D eigenvalue weighted by Gasteiger charge is -2.19. The highest BCUT2D eigenvalue weighted by Crippen LogP contribution is 2.34. The van der Waals surface area contributed by atoms with Crippen molar-refractivity contribution in [3.8, 4) is 11.5 Å². The van der Waals surface area contributed by atoms with E-state index in [9.17, 15) is 9.59 Å². The Morgan fingerprint density at radius 2 is 1.78 bits per heavy atom. The molecule has 0 atom stereocenters. The van der Waals surface area contributed by atoms with Gasteiger partial charge in [0.05, 0.1) is 39.1 Å². The monoisotopic (exact) mass is 370 g/mol. The standard InChI is InChI=1S/C20H22N2O5/c1-25-17-10-14(20(24)27-3)15(11-18(17)26-2)21-12-19(23)22-9-8-13-6-4-5-7-16(13)22/h4-7,10-11,21H,8-9,12H2,1-3H3. The second-order valence-corrected chi connectivity index (χ2v) is 6.02. The van der Waals surface area contributed by atoms with Crippen molar-refractivity contribution in [2.75, 3.05) is 44.6 Å². The molecule has 2 aromatic carbocycles. The number of esters is 1. The van der Waals surface area contributed by atoms with Crippen molar-refractivity contribution >= 4 is 23.3 Å². The number of carbonyl (C=O) groups excluding carboxylic acids is 2. The number of hydrogen-bond donors (Lipinski definition) is 1. The van der Waals surface area contributed by atoms with E-state index in [0.717, 1.165) is 17.7 Å². The number of rotatable bonds is 6. The predicted octanol–water partition coefficient (Wildman–Crippen LogP) is 2.49. The number of nitrogens with zero attached hydrogens (tertiary/aromatic N) is 1. The maximum Gasteiger partial charge on any atom is 0.340 e. The first-order chi connectivity index (χ1) is 13.1. The molecule has 1 aliphatic rings. The predicted molar refractivity (Wildman–Crippen MR) is 102 cm³/mol. The third-order valence-electron chi connectivity index (χ3n) is 4.55. The summed E-state index contributed by atoms with van der Waals surface area (Å²) in [6, 6.07) is 11.0. The van der Waals surface area contributed by atoms with Gasteiger partial charge in [0.1, 0.15) is 0 Å². The zero-order valence-electron chi connectivity index (χ0n) is 15.6. The largest absolute Gasteiger partial charge is 0.493 e. The van der Waals surface area contributed by atoms with Gasteiger partial charge in [-0.15, -0.1) is 0 Å². The van der Waals surface area contributed by atoms with E-state index in [1.165, 1.54) is 27.4 Å². The lowest BCUT2D eigenvalue weighted by Crippen LogP contribution is -2.34. The van der Waals surface area contributed by atoms with Gasteiger partial charge in [0.25, 0.3) is 0 Å². The first-order valence-electron chi connectivity index (χ1n) is 8.55. The third kappa shape index (κ3) is 3.67. The van der Waals surface area contributed by atoms with E-state index in [1.807, 2.05) is 24.3 Å². The van der Waals surface area contributed by atoms with Crippen molar-refractivity contribution in [3.05, 3.63) is 47.5 Å². The highest BCUT2D eigenvalue weighted by molar-refractivity contribution is 6.00. The second-order valence-electron chi connectivity index (χ2n) is 6.02. The SMILES string of the molecule is COC(=O)c1cc(OC)c(OC)cc1NCC(=O)N1CCc2ccccc21. The summed E-state index contributed by atoms with van der Waals surface area (Å²) >= 11 is 0. The fraction of sp³-hybridized carbons (Fsp3) is 0.300. The quantitative estimate of drug-likeness (QED) is 0.788. The number of hydrogen-bond acceptors (Lipinski definition) is 6. The number of para-hydroxylation sites is 1. The van der Waals surface area contributed by atoms with Crippen LogP contribution < -0.4 is 19.7 Å². The van der Waals surface area contributed by atoms with Crippen LogP contribution in [0.1, 0.15) is 15.9 Å². The molecule has 1 N–H and O–H groups in total. The average molecular weight is 370 g/mol. The maximum atomic E-state index is 12.7. The summed E-state index contributed by atoms with van der Waals surface area (Å²) in [4.78, 5) is 26.6. The average Bonchev–Trinajstić information content (AvgIpc) is 3.14. The number of anilines is 2. The first kappa shape index (κ1) is 18.6. The third-order valence-corrected chi connectivity index (χ3v) is 4.55. The van der Waals surface area contributed by atoms with Crippen molar-refractivity contribution in [3.63, 3.8) is 0 Å². The van der Waals surface area contributed by atoms with Crippen LogP contribution in [0.25, 0.3) is 0 Å². The van der Waals surface area contributed by atoms with Crippen LogP contribution in [0.5, 0.6) is 11.5 Å². The second kappa shape index (κ2) is 7.99. The summed E-state index contributed by atoms with van der Waals surface area (Å²) in [5, 5.41) is 3.03. The molecule has 1 aliphatic heterocycles. The number of benzene rings is 2. The van der Waals surface area contributed by atoms with Gasteiger partial charge in [0.15, 0.2) is 11.5 Å². The van der Waals surface area contributed by atoms with Crippen molar-refractivity contribution in [1.82, 2.24) is 0 Å². The number of carbonyl (C=O) groups is 2. The van der Waals surface area contributed by atoms with Gasteiger partial charge in [-0.1, -0.05) is 18.2 Å². The summed E-state index contributed by atoms with van der Waals surface area (Å²) in [5.74, 6) is 0.248. The van der Waals surface area contributed by atoms with Gasteiger partial charge in [-0.2, -0.15) is 0 Å². The molecule has 0 aliphatic carbocycles. The smallest absolute Gasteiger partial charge is 0.340 e. The Balaban J connectivity index is 1.81. The fourth-order valence-corrected chi connectivity index (χ4v) is 3.17. The van der Waals surface area contributed by atoms with Gasteiger partial charge in [-0.25, -0.2) is 4.79 Å². The molecule has 1 heterocycles. The van der Waals surface area contributed by atoms with Gasteiger partial charge in [-0.3, -0.25) is 4.79 Å². The van der Waals surface area contributed by atoms with Crippen LogP contribution >= 0.6 is 0 Å². The van der Waals surface area contributed by atoms with E-state index >= 15 is 0 Å². The van der Waals surface area contributed by atoms with Gasteiger partial charge < -0.3 is 24.4 Å². The number of amides is 1. The topological polar surface area (TPSA) is 77.1 Å². The molecule has 2 aromatic rings. The van der Waals surface area contributed by atoms with Crippen LogP contribution in [-0.2, 0) is 16.0 Å². The van der Waals surface area contributed by atoms with Gasteiger partial charge >= 0.3 is 5.97 Å². The highest BCUT2D eigenvalue weighted by atomic mass is 16.5. The van der Waals surface area contributed by atoms with Crippen LogP contribution in [0.15, 0.2) is 36.4 Å². The molecule has 0 fully saturated rings. The molecule has 0 spiro atoms. The Hall–Kier alpha value is -3.22.